The molecule has 0 bridgehead atoms. The highest BCUT2D eigenvalue weighted by atomic mass is 32.1. The summed E-state index contributed by atoms with van der Waals surface area (Å²) in [6, 6.07) is 6.00. The Bertz CT molecular complexity index is 1070. The lowest BCUT2D eigenvalue weighted by Crippen LogP contribution is -2.23. The molecule has 154 valence electrons. The van der Waals surface area contributed by atoms with E-state index in [-0.39, 0.29) is 12.2 Å². The molecule has 0 spiro atoms. The number of fused-ring (bicyclic) bond motifs is 1. The van der Waals surface area contributed by atoms with Crippen LogP contribution >= 0.6 is 11.3 Å². The van der Waals surface area contributed by atoms with Crippen molar-refractivity contribution in [2.24, 2.45) is 0 Å². The van der Waals surface area contributed by atoms with E-state index in [4.69, 9.17) is 14.2 Å². The first-order valence-corrected chi connectivity index (χ1v) is 10.1. The zero-order chi connectivity index (χ0) is 21.0. The summed E-state index contributed by atoms with van der Waals surface area (Å²) in [6.45, 7) is 6.95. The third-order valence-corrected chi connectivity index (χ3v) is 5.60. The van der Waals surface area contributed by atoms with Crippen LogP contribution in [0.1, 0.15) is 26.4 Å². The standard InChI is InChI=1S/C21H24N2O5S/c1-13-9-14(2)11-16(10-13)27-6-5-23-12-22-19-17(20(23)24)15(3)18(29-19)21(25)28-8-7-26-4/h9-12H,5-8H2,1-4H3. The maximum atomic E-state index is 12.9. The molecule has 0 aliphatic carbocycles. The van der Waals surface area contributed by atoms with Crippen molar-refractivity contribution < 1.29 is 19.0 Å². The molecule has 0 fully saturated rings. The van der Waals surface area contributed by atoms with Crippen LogP contribution in [0.2, 0.25) is 0 Å². The Kier molecular flexibility index (Phi) is 6.66. The van der Waals surface area contributed by atoms with Crippen LogP contribution in [0.5, 0.6) is 5.75 Å². The topological polar surface area (TPSA) is 79.7 Å². The van der Waals surface area contributed by atoms with Crippen molar-refractivity contribution in [2.75, 3.05) is 26.9 Å². The van der Waals surface area contributed by atoms with Gasteiger partial charge in [-0.15, -0.1) is 11.3 Å². The number of carbonyl (C=O) groups is 1. The quantitative estimate of drug-likeness (QED) is 0.414. The van der Waals surface area contributed by atoms with E-state index in [1.54, 1.807) is 6.92 Å². The Hall–Kier alpha value is -2.71. The normalized spacial score (nSPS) is 11.0. The van der Waals surface area contributed by atoms with Gasteiger partial charge in [0.2, 0.25) is 0 Å². The zero-order valence-electron chi connectivity index (χ0n) is 17.0. The lowest BCUT2D eigenvalue weighted by molar-refractivity contribution is 0.0393. The second-order valence-corrected chi connectivity index (χ2v) is 7.78. The maximum absolute atomic E-state index is 12.9. The van der Waals surface area contributed by atoms with E-state index in [0.29, 0.717) is 40.4 Å². The van der Waals surface area contributed by atoms with E-state index in [2.05, 4.69) is 11.1 Å². The van der Waals surface area contributed by atoms with Crippen LogP contribution in [0, 0.1) is 20.8 Å². The molecule has 0 unspecified atom stereocenters. The van der Waals surface area contributed by atoms with Gasteiger partial charge in [0.1, 0.15) is 28.7 Å². The average molecular weight is 416 g/mol. The molecule has 7 nitrogen and oxygen atoms in total. The Labute approximate surface area is 172 Å². The van der Waals surface area contributed by atoms with Gasteiger partial charge < -0.3 is 14.2 Å². The van der Waals surface area contributed by atoms with Crippen LogP contribution in [0.25, 0.3) is 10.2 Å². The van der Waals surface area contributed by atoms with Gasteiger partial charge in [-0.2, -0.15) is 0 Å². The number of rotatable bonds is 8. The van der Waals surface area contributed by atoms with Crippen LogP contribution in [0.15, 0.2) is 29.3 Å². The highest BCUT2D eigenvalue weighted by Gasteiger charge is 2.20. The van der Waals surface area contributed by atoms with E-state index in [0.717, 1.165) is 16.9 Å². The van der Waals surface area contributed by atoms with Crippen molar-refractivity contribution >= 4 is 27.5 Å². The van der Waals surface area contributed by atoms with Gasteiger partial charge in [0, 0.05) is 7.11 Å². The third kappa shape index (κ3) is 4.83. The molecule has 29 heavy (non-hydrogen) atoms. The number of hydrogen-bond donors (Lipinski definition) is 0. The average Bonchev–Trinajstić information content (AvgIpc) is 3.00. The fourth-order valence-electron chi connectivity index (χ4n) is 3.07. The van der Waals surface area contributed by atoms with Gasteiger partial charge in [0.15, 0.2) is 0 Å². The summed E-state index contributed by atoms with van der Waals surface area (Å²) < 4.78 is 17.4. The molecule has 0 atom stereocenters. The number of hydrogen-bond acceptors (Lipinski definition) is 7. The second kappa shape index (κ2) is 9.19. The van der Waals surface area contributed by atoms with E-state index < -0.39 is 5.97 Å². The molecule has 2 aromatic heterocycles. The largest absolute Gasteiger partial charge is 0.492 e. The molecule has 3 rings (SSSR count). The van der Waals surface area contributed by atoms with Crippen molar-refractivity contribution in [3.05, 3.63) is 56.4 Å². The number of nitrogens with zero attached hydrogens (tertiary/aromatic N) is 2. The molecule has 0 aliphatic heterocycles. The number of thiophene rings is 1. The maximum Gasteiger partial charge on any atom is 0.348 e. The van der Waals surface area contributed by atoms with Crippen molar-refractivity contribution in [2.45, 2.75) is 27.3 Å². The van der Waals surface area contributed by atoms with E-state index >= 15 is 0 Å². The zero-order valence-corrected chi connectivity index (χ0v) is 17.8. The summed E-state index contributed by atoms with van der Waals surface area (Å²) in [5.74, 6) is 0.309. The minimum Gasteiger partial charge on any atom is -0.492 e. The number of esters is 1. The van der Waals surface area contributed by atoms with E-state index in [1.807, 2.05) is 26.0 Å². The van der Waals surface area contributed by atoms with E-state index in [9.17, 15) is 9.59 Å². The summed E-state index contributed by atoms with van der Waals surface area (Å²) in [5.41, 5.74) is 2.65. The van der Waals surface area contributed by atoms with Crippen LogP contribution in [0.3, 0.4) is 0 Å². The molecule has 0 radical (unpaired) electrons. The fourth-order valence-corrected chi connectivity index (χ4v) is 4.11. The fraction of sp³-hybridized carbons (Fsp3) is 0.381. The number of ether oxygens (including phenoxy) is 3. The molecule has 0 saturated carbocycles. The van der Waals surface area contributed by atoms with Crippen LogP contribution in [-0.4, -0.2) is 42.5 Å². The molecule has 3 aromatic rings. The SMILES string of the molecule is COCCOC(=O)c1sc2ncn(CCOc3cc(C)cc(C)c3)c(=O)c2c1C. The van der Waals surface area contributed by atoms with Crippen LogP contribution in [0.4, 0.5) is 0 Å². The number of methoxy groups -OCH3 is 1. The lowest BCUT2D eigenvalue weighted by atomic mass is 10.1. The van der Waals surface area contributed by atoms with Gasteiger partial charge in [0.05, 0.1) is 24.9 Å². The van der Waals surface area contributed by atoms with Gasteiger partial charge in [0.25, 0.3) is 5.56 Å². The first kappa shape index (κ1) is 21.0. The summed E-state index contributed by atoms with van der Waals surface area (Å²) in [5, 5.41) is 0.447. The minimum absolute atomic E-state index is 0.163. The molecule has 0 amide bonds. The van der Waals surface area contributed by atoms with Crippen molar-refractivity contribution in [1.29, 1.82) is 0 Å². The molecule has 0 N–H and O–H groups in total. The molecule has 1 aromatic carbocycles. The van der Waals surface area contributed by atoms with Gasteiger partial charge in [-0.25, -0.2) is 9.78 Å². The lowest BCUT2D eigenvalue weighted by Gasteiger charge is -2.09. The number of carbonyl (C=O) groups excluding carboxylic acids is 1. The van der Waals surface area contributed by atoms with Gasteiger partial charge in [-0.05, 0) is 49.6 Å². The van der Waals surface area contributed by atoms with Crippen molar-refractivity contribution in [3.8, 4) is 5.75 Å². The number of aryl methyl sites for hydroxylation is 3. The summed E-state index contributed by atoms with van der Waals surface area (Å²) in [6.07, 6.45) is 1.49. The second-order valence-electron chi connectivity index (χ2n) is 6.78. The predicted molar refractivity (Wildman–Crippen MR) is 112 cm³/mol. The molecule has 0 aliphatic rings. The Morgan fingerprint density at radius 2 is 1.83 bits per heavy atom. The van der Waals surface area contributed by atoms with Crippen molar-refractivity contribution in [3.63, 3.8) is 0 Å². The van der Waals surface area contributed by atoms with Crippen LogP contribution in [-0.2, 0) is 16.0 Å². The van der Waals surface area contributed by atoms with Gasteiger partial charge in [-0.1, -0.05) is 6.07 Å². The summed E-state index contributed by atoms with van der Waals surface area (Å²) in [7, 11) is 1.54. The Morgan fingerprint density at radius 3 is 2.52 bits per heavy atom. The molecular weight excluding hydrogens is 392 g/mol. The minimum atomic E-state index is -0.466. The summed E-state index contributed by atoms with van der Waals surface area (Å²) >= 11 is 1.17. The first-order valence-electron chi connectivity index (χ1n) is 9.26. The number of aromatic nitrogens is 2. The molecule has 8 heteroatoms. The first-order chi connectivity index (χ1) is 13.9. The highest BCUT2D eigenvalue weighted by Crippen LogP contribution is 2.27. The molecular formula is C21H24N2O5S. The van der Waals surface area contributed by atoms with Crippen LogP contribution < -0.4 is 10.3 Å². The molecule has 2 heterocycles. The van der Waals surface area contributed by atoms with Gasteiger partial charge in [-0.3, -0.25) is 9.36 Å². The molecule has 0 saturated heterocycles. The van der Waals surface area contributed by atoms with Gasteiger partial charge >= 0.3 is 5.97 Å². The Morgan fingerprint density at radius 1 is 1.10 bits per heavy atom. The predicted octanol–water partition coefficient (Wildman–Crippen LogP) is 3.27. The number of benzene rings is 1. The van der Waals surface area contributed by atoms with Crippen molar-refractivity contribution in [1.82, 2.24) is 9.55 Å². The van der Waals surface area contributed by atoms with E-state index in [1.165, 1.54) is 29.3 Å². The summed E-state index contributed by atoms with van der Waals surface area (Å²) in [4.78, 5) is 30.4. The Balaban J connectivity index is 1.76. The highest BCUT2D eigenvalue weighted by molar-refractivity contribution is 7.20. The smallest absolute Gasteiger partial charge is 0.348 e. The monoisotopic (exact) mass is 416 g/mol. The third-order valence-electron chi connectivity index (χ3n) is 4.42.